The number of hydrogen-bond donors (Lipinski definition) is 1. The standard InChI is InChI=1S/C17H21N3OS3/c1-3-22-16-19-20-17(24-16)23-11(2)15(21)18-14-10-6-8-12-7-4-5-9-13(12)14/h4-5,7,9,11,14H,3,6,8,10H2,1-2H3,(H,18,21)/t11-,14-/m0/s1. The van der Waals surface area contributed by atoms with Crippen molar-refractivity contribution in [3.05, 3.63) is 35.4 Å². The monoisotopic (exact) mass is 379 g/mol. The van der Waals surface area contributed by atoms with E-state index in [0.717, 1.165) is 33.7 Å². The Morgan fingerprint density at radius 1 is 1.38 bits per heavy atom. The minimum atomic E-state index is -0.175. The van der Waals surface area contributed by atoms with E-state index in [2.05, 4.69) is 46.7 Å². The first kappa shape index (κ1) is 17.8. The summed E-state index contributed by atoms with van der Waals surface area (Å²) in [6.07, 6.45) is 3.24. The van der Waals surface area contributed by atoms with Crippen LogP contribution in [0, 0.1) is 0 Å². The minimum absolute atomic E-state index is 0.0709. The maximum Gasteiger partial charge on any atom is 0.233 e. The fourth-order valence-electron chi connectivity index (χ4n) is 2.82. The molecule has 0 spiro atoms. The number of hydrogen-bond acceptors (Lipinski definition) is 6. The Hall–Kier alpha value is -1.05. The number of nitrogens with one attached hydrogen (secondary N) is 1. The number of aryl methyl sites for hydroxylation is 1. The smallest absolute Gasteiger partial charge is 0.233 e. The van der Waals surface area contributed by atoms with Crippen molar-refractivity contribution in [1.82, 2.24) is 15.5 Å². The third kappa shape index (κ3) is 4.32. The van der Waals surface area contributed by atoms with E-state index in [1.54, 1.807) is 23.1 Å². The number of nitrogens with zero attached hydrogens (tertiary/aromatic N) is 2. The average molecular weight is 380 g/mol. The van der Waals surface area contributed by atoms with Crippen LogP contribution in [0.2, 0.25) is 0 Å². The SMILES string of the molecule is CCSc1nnc(S[C@@H](C)C(=O)N[C@H]2CCCc3ccccc32)s1. The summed E-state index contributed by atoms with van der Waals surface area (Å²) in [6.45, 7) is 4.03. The molecule has 1 heterocycles. The van der Waals surface area contributed by atoms with Gasteiger partial charge in [0.25, 0.3) is 0 Å². The van der Waals surface area contributed by atoms with Crippen LogP contribution in [-0.4, -0.2) is 27.1 Å². The zero-order valence-electron chi connectivity index (χ0n) is 13.8. The summed E-state index contributed by atoms with van der Waals surface area (Å²) >= 11 is 4.73. The minimum Gasteiger partial charge on any atom is -0.348 e. The van der Waals surface area contributed by atoms with Gasteiger partial charge in [0.1, 0.15) is 0 Å². The van der Waals surface area contributed by atoms with Crippen LogP contribution in [0.25, 0.3) is 0 Å². The molecule has 1 aromatic carbocycles. The lowest BCUT2D eigenvalue weighted by atomic mass is 9.88. The normalized spacial score (nSPS) is 18.0. The first-order chi connectivity index (χ1) is 11.7. The predicted molar refractivity (Wildman–Crippen MR) is 102 cm³/mol. The van der Waals surface area contributed by atoms with E-state index in [4.69, 9.17) is 0 Å². The molecule has 1 N–H and O–H groups in total. The highest BCUT2D eigenvalue weighted by molar-refractivity contribution is 8.03. The summed E-state index contributed by atoms with van der Waals surface area (Å²) in [5, 5.41) is 11.4. The lowest BCUT2D eigenvalue weighted by molar-refractivity contribution is -0.121. The Bertz CT molecular complexity index is 704. The second kappa shape index (κ2) is 8.36. The molecule has 0 bridgehead atoms. The maximum atomic E-state index is 12.6. The molecule has 1 aliphatic rings. The van der Waals surface area contributed by atoms with Crippen molar-refractivity contribution >= 4 is 40.8 Å². The molecule has 128 valence electrons. The lowest BCUT2D eigenvalue weighted by Crippen LogP contribution is -2.35. The number of thioether (sulfide) groups is 2. The van der Waals surface area contributed by atoms with Gasteiger partial charge in [-0.3, -0.25) is 4.79 Å². The molecular weight excluding hydrogens is 358 g/mol. The molecule has 0 aliphatic heterocycles. The Labute approximate surface area is 155 Å². The number of rotatable bonds is 6. The van der Waals surface area contributed by atoms with E-state index < -0.39 is 0 Å². The van der Waals surface area contributed by atoms with E-state index in [-0.39, 0.29) is 17.2 Å². The molecule has 0 fully saturated rings. The first-order valence-corrected chi connectivity index (χ1v) is 10.9. The number of carbonyl (C=O) groups excluding carboxylic acids is 1. The van der Waals surface area contributed by atoms with E-state index in [9.17, 15) is 4.79 Å². The highest BCUT2D eigenvalue weighted by Crippen LogP contribution is 2.33. The van der Waals surface area contributed by atoms with Crippen molar-refractivity contribution < 1.29 is 4.79 Å². The largest absolute Gasteiger partial charge is 0.348 e. The predicted octanol–water partition coefficient (Wildman–Crippen LogP) is 4.32. The highest BCUT2D eigenvalue weighted by atomic mass is 32.2. The quantitative estimate of drug-likeness (QED) is 0.757. The topological polar surface area (TPSA) is 54.9 Å². The summed E-state index contributed by atoms with van der Waals surface area (Å²) in [5.74, 6) is 1.05. The number of benzene rings is 1. The molecule has 3 rings (SSSR count). The number of amides is 1. The van der Waals surface area contributed by atoms with Gasteiger partial charge in [-0.1, -0.05) is 66.0 Å². The van der Waals surface area contributed by atoms with Gasteiger partial charge < -0.3 is 5.32 Å². The van der Waals surface area contributed by atoms with Crippen molar-refractivity contribution in [2.45, 2.75) is 53.1 Å². The lowest BCUT2D eigenvalue weighted by Gasteiger charge is -2.27. The molecule has 1 amide bonds. The average Bonchev–Trinajstić information content (AvgIpc) is 3.02. The maximum absolute atomic E-state index is 12.6. The Morgan fingerprint density at radius 3 is 3.00 bits per heavy atom. The molecule has 4 nitrogen and oxygen atoms in total. The van der Waals surface area contributed by atoms with Gasteiger partial charge in [0, 0.05) is 0 Å². The van der Waals surface area contributed by atoms with Gasteiger partial charge in [-0.15, -0.1) is 10.2 Å². The molecule has 0 saturated heterocycles. The van der Waals surface area contributed by atoms with Gasteiger partial charge >= 0.3 is 0 Å². The van der Waals surface area contributed by atoms with E-state index in [1.807, 2.05) is 6.92 Å². The van der Waals surface area contributed by atoms with Crippen LogP contribution in [0.3, 0.4) is 0 Å². The molecule has 7 heteroatoms. The molecule has 1 aliphatic carbocycles. The van der Waals surface area contributed by atoms with E-state index >= 15 is 0 Å². The third-order valence-corrected chi connectivity index (χ3v) is 7.11. The Kier molecular flexibility index (Phi) is 6.19. The first-order valence-electron chi connectivity index (χ1n) is 8.18. The summed E-state index contributed by atoms with van der Waals surface area (Å²) in [6, 6.07) is 8.56. The van der Waals surface area contributed by atoms with Gasteiger partial charge in [-0.2, -0.15) is 0 Å². The summed E-state index contributed by atoms with van der Waals surface area (Å²) < 4.78 is 1.83. The summed E-state index contributed by atoms with van der Waals surface area (Å²) in [4.78, 5) is 12.6. The zero-order valence-corrected chi connectivity index (χ0v) is 16.3. The molecule has 24 heavy (non-hydrogen) atoms. The van der Waals surface area contributed by atoms with Crippen molar-refractivity contribution in [2.75, 3.05) is 5.75 Å². The van der Waals surface area contributed by atoms with Crippen LogP contribution in [0.5, 0.6) is 0 Å². The second-order valence-corrected chi connectivity index (χ2v) is 9.76. The molecular formula is C17H21N3OS3. The highest BCUT2D eigenvalue weighted by Gasteiger charge is 2.24. The molecule has 0 saturated carbocycles. The van der Waals surface area contributed by atoms with Crippen LogP contribution in [0.1, 0.15) is 43.9 Å². The fourth-order valence-corrected chi connectivity index (χ4v) is 5.89. The van der Waals surface area contributed by atoms with Crippen molar-refractivity contribution in [1.29, 1.82) is 0 Å². The van der Waals surface area contributed by atoms with Crippen LogP contribution in [-0.2, 0) is 11.2 Å². The molecule has 0 unspecified atom stereocenters. The zero-order chi connectivity index (χ0) is 16.9. The van der Waals surface area contributed by atoms with Crippen molar-refractivity contribution in [2.24, 2.45) is 0 Å². The summed E-state index contributed by atoms with van der Waals surface area (Å²) in [5.41, 5.74) is 2.63. The number of aromatic nitrogens is 2. The third-order valence-electron chi connectivity index (χ3n) is 3.99. The van der Waals surface area contributed by atoms with Crippen molar-refractivity contribution in [3.63, 3.8) is 0 Å². The Balaban J connectivity index is 1.60. The van der Waals surface area contributed by atoms with E-state index in [1.165, 1.54) is 22.9 Å². The molecule has 2 atom stereocenters. The Morgan fingerprint density at radius 2 is 2.17 bits per heavy atom. The molecule has 2 aromatic rings. The number of carbonyl (C=O) groups is 1. The molecule has 0 radical (unpaired) electrons. The number of fused-ring (bicyclic) bond motifs is 1. The fraction of sp³-hybridized carbons (Fsp3) is 0.471. The van der Waals surface area contributed by atoms with Crippen molar-refractivity contribution in [3.8, 4) is 0 Å². The van der Waals surface area contributed by atoms with E-state index in [0.29, 0.717) is 0 Å². The second-order valence-electron chi connectivity index (χ2n) is 5.68. The van der Waals surface area contributed by atoms with Gasteiger partial charge in [0.05, 0.1) is 11.3 Å². The van der Waals surface area contributed by atoms with Gasteiger partial charge in [-0.25, -0.2) is 0 Å². The van der Waals surface area contributed by atoms with Crippen LogP contribution in [0.4, 0.5) is 0 Å². The van der Waals surface area contributed by atoms with Crippen LogP contribution in [0.15, 0.2) is 32.9 Å². The molecule has 1 aromatic heterocycles. The summed E-state index contributed by atoms with van der Waals surface area (Å²) in [7, 11) is 0. The van der Waals surface area contributed by atoms with Crippen LogP contribution >= 0.6 is 34.9 Å². The van der Waals surface area contributed by atoms with Gasteiger partial charge in [0.2, 0.25) is 5.91 Å². The van der Waals surface area contributed by atoms with Crippen LogP contribution < -0.4 is 5.32 Å². The van der Waals surface area contributed by atoms with Gasteiger partial charge in [-0.05, 0) is 43.1 Å². The van der Waals surface area contributed by atoms with Gasteiger partial charge in [0.15, 0.2) is 8.68 Å².